The molecule has 0 bridgehead atoms. The maximum atomic E-state index is 12.3. The first-order valence-corrected chi connectivity index (χ1v) is 10.9. The molecule has 0 aliphatic heterocycles. The topological polar surface area (TPSA) is 103 Å². The number of carbonyl (C=O) groups is 1. The van der Waals surface area contributed by atoms with Gasteiger partial charge in [0.2, 0.25) is 5.91 Å². The number of carbonyl (C=O) groups excluding carboxylic acids is 1. The maximum Gasteiger partial charge on any atom is 0.223 e. The highest BCUT2D eigenvalue weighted by molar-refractivity contribution is 9.10. The van der Waals surface area contributed by atoms with E-state index in [9.17, 15) is 4.79 Å². The normalized spacial score (nSPS) is 19.6. The van der Waals surface area contributed by atoms with Gasteiger partial charge in [0.15, 0.2) is 5.65 Å². The van der Waals surface area contributed by atoms with E-state index in [4.69, 9.17) is 10.7 Å². The summed E-state index contributed by atoms with van der Waals surface area (Å²) in [4.78, 5) is 17.2. The number of hydrogen-bond acceptors (Lipinski definition) is 5. The number of nitrogens with two attached hydrogens (primary N) is 1. The third-order valence-corrected chi connectivity index (χ3v) is 6.51. The van der Waals surface area contributed by atoms with Crippen LogP contribution in [0.25, 0.3) is 16.8 Å². The lowest BCUT2D eigenvalue weighted by Gasteiger charge is -2.28. The minimum Gasteiger partial charge on any atom is -0.383 e. The average molecular weight is 460 g/mol. The zero-order valence-electron chi connectivity index (χ0n) is 16.7. The molecule has 8 nitrogen and oxygen atoms in total. The molecule has 154 valence electrons. The van der Waals surface area contributed by atoms with E-state index in [-0.39, 0.29) is 17.7 Å². The van der Waals surface area contributed by atoms with Gasteiger partial charge in [-0.25, -0.2) is 4.98 Å². The molecule has 29 heavy (non-hydrogen) atoms. The van der Waals surface area contributed by atoms with Crippen LogP contribution in [0.1, 0.15) is 50.6 Å². The minimum atomic E-state index is 0.0959. The predicted octanol–water partition coefficient (Wildman–Crippen LogP) is 3.27. The Balaban J connectivity index is 1.61. The fourth-order valence-corrected chi connectivity index (χ4v) is 4.65. The highest BCUT2D eigenvalue weighted by atomic mass is 79.9. The van der Waals surface area contributed by atoms with Gasteiger partial charge in [-0.3, -0.25) is 9.48 Å². The number of amides is 1. The summed E-state index contributed by atoms with van der Waals surface area (Å²) >= 11 is 3.64. The van der Waals surface area contributed by atoms with E-state index < -0.39 is 0 Å². The van der Waals surface area contributed by atoms with Crippen molar-refractivity contribution in [3.05, 3.63) is 28.8 Å². The van der Waals surface area contributed by atoms with Crippen molar-refractivity contribution < 1.29 is 4.79 Å². The molecular formula is C20H26BrN7O. The maximum absolute atomic E-state index is 12.3. The number of anilines is 1. The summed E-state index contributed by atoms with van der Waals surface area (Å²) in [5, 5.41) is 11.7. The molecule has 1 saturated carbocycles. The van der Waals surface area contributed by atoms with Crippen LogP contribution in [0.2, 0.25) is 0 Å². The Kier molecular flexibility index (Phi) is 5.58. The SMILES string of the molecule is CCCNC(=O)C1CCC(c2nc3c(-c4cnn(C)c4)cnn3c(N)c2Br)CC1. The zero-order chi connectivity index (χ0) is 20.5. The lowest BCUT2D eigenvalue weighted by Crippen LogP contribution is -2.33. The summed E-state index contributed by atoms with van der Waals surface area (Å²) in [6.07, 6.45) is 10.1. The number of nitrogen functional groups attached to an aromatic ring is 1. The van der Waals surface area contributed by atoms with Crippen molar-refractivity contribution in [1.29, 1.82) is 0 Å². The quantitative estimate of drug-likeness (QED) is 0.609. The minimum absolute atomic E-state index is 0.0959. The molecule has 0 aromatic carbocycles. The Morgan fingerprint density at radius 1 is 1.28 bits per heavy atom. The van der Waals surface area contributed by atoms with Gasteiger partial charge in [0.05, 0.1) is 22.6 Å². The van der Waals surface area contributed by atoms with Crippen molar-refractivity contribution in [1.82, 2.24) is 29.7 Å². The van der Waals surface area contributed by atoms with Gasteiger partial charge in [-0.2, -0.15) is 14.7 Å². The van der Waals surface area contributed by atoms with Gasteiger partial charge in [-0.05, 0) is 48.0 Å². The van der Waals surface area contributed by atoms with Crippen LogP contribution in [0.3, 0.4) is 0 Å². The van der Waals surface area contributed by atoms with Crippen molar-refractivity contribution >= 4 is 33.3 Å². The Bertz CT molecular complexity index is 1030. The molecule has 0 radical (unpaired) electrons. The summed E-state index contributed by atoms with van der Waals surface area (Å²) < 4.78 is 4.22. The summed E-state index contributed by atoms with van der Waals surface area (Å²) in [5.41, 5.74) is 9.93. The van der Waals surface area contributed by atoms with Gasteiger partial charge in [-0.1, -0.05) is 6.92 Å². The van der Waals surface area contributed by atoms with Crippen LogP contribution < -0.4 is 11.1 Å². The van der Waals surface area contributed by atoms with Gasteiger partial charge in [0.1, 0.15) is 5.82 Å². The molecule has 3 aromatic heterocycles. The second-order valence-electron chi connectivity index (χ2n) is 7.73. The second-order valence-corrected chi connectivity index (χ2v) is 8.53. The van der Waals surface area contributed by atoms with Gasteiger partial charge < -0.3 is 11.1 Å². The first-order valence-electron chi connectivity index (χ1n) is 10.1. The van der Waals surface area contributed by atoms with Crippen LogP contribution in [0.5, 0.6) is 0 Å². The van der Waals surface area contributed by atoms with E-state index in [1.807, 2.05) is 13.2 Å². The van der Waals surface area contributed by atoms with E-state index in [0.717, 1.165) is 65.6 Å². The molecule has 3 heterocycles. The Hall–Kier alpha value is -2.42. The standard InChI is InChI=1S/C20H26BrN7O/c1-3-8-23-20(29)13-6-4-12(5-7-13)17-16(21)18(22)28-19(26-17)15(10-25-28)14-9-24-27(2)11-14/h9-13H,3-8,22H2,1-2H3,(H,23,29). The van der Waals surface area contributed by atoms with Gasteiger partial charge in [-0.15, -0.1) is 0 Å². The monoisotopic (exact) mass is 459 g/mol. The van der Waals surface area contributed by atoms with Crippen molar-refractivity contribution in [3.8, 4) is 11.1 Å². The number of aryl methyl sites for hydroxylation is 1. The molecule has 1 fully saturated rings. The number of nitrogens with zero attached hydrogens (tertiary/aromatic N) is 5. The highest BCUT2D eigenvalue weighted by Gasteiger charge is 2.30. The molecule has 3 aromatic rings. The Morgan fingerprint density at radius 2 is 2.03 bits per heavy atom. The first kappa shape index (κ1) is 19.9. The number of rotatable bonds is 5. The molecule has 0 saturated heterocycles. The fourth-order valence-electron chi connectivity index (χ4n) is 4.07. The second kappa shape index (κ2) is 8.14. The summed E-state index contributed by atoms with van der Waals surface area (Å²) in [6, 6.07) is 0. The summed E-state index contributed by atoms with van der Waals surface area (Å²) in [5.74, 6) is 1.09. The number of fused-ring (bicyclic) bond motifs is 1. The van der Waals surface area contributed by atoms with Crippen molar-refractivity contribution in [3.63, 3.8) is 0 Å². The summed E-state index contributed by atoms with van der Waals surface area (Å²) in [6.45, 7) is 2.81. The predicted molar refractivity (Wildman–Crippen MR) is 115 cm³/mol. The lowest BCUT2D eigenvalue weighted by molar-refractivity contribution is -0.126. The van der Waals surface area contributed by atoms with Crippen LogP contribution in [-0.2, 0) is 11.8 Å². The lowest BCUT2D eigenvalue weighted by atomic mass is 9.80. The molecule has 0 atom stereocenters. The van der Waals surface area contributed by atoms with Crippen LogP contribution in [0.4, 0.5) is 5.82 Å². The first-order chi connectivity index (χ1) is 14.0. The van der Waals surface area contributed by atoms with Crippen LogP contribution in [0.15, 0.2) is 23.1 Å². The molecule has 1 aliphatic carbocycles. The summed E-state index contributed by atoms with van der Waals surface area (Å²) in [7, 11) is 1.88. The smallest absolute Gasteiger partial charge is 0.223 e. The van der Waals surface area contributed by atoms with Gasteiger partial charge >= 0.3 is 0 Å². The number of nitrogens with one attached hydrogen (secondary N) is 1. The number of aromatic nitrogens is 5. The molecule has 1 amide bonds. The van der Waals surface area contributed by atoms with Crippen molar-refractivity contribution in [2.45, 2.75) is 44.9 Å². The molecule has 3 N–H and O–H groups in total. The number of halogens is 1. The van der Waals surface area contributed by atoms with E-state index in [1.165, 1.54) is 0 Å². The Morgan fingerprint density at radius 3 is 2.69 bits per heavy atom. The van der Waals surface area contributed by atoms with E-state index in [0.29, 0.717) is 5.82 Å². The van der Waals surface area contributed by atoms with Crippen LogP contribution >= 0.6 is 15.9 Å². The molecule has 9 heteroatoms. The third kappa shape index (κ3) is 3.75. The average Bonchev–Trinajstić information content (AvgIpc) is 3.35. The molecular weight excluding hydrogens is 434 g/mol. The molecule has 4 rings (SSSR count). The fraction of sp³-hybridized carbons (Fsp3) is 0.500. The van der Waals surface area contributed by atoms with Crippen molar-refractivity contribution in [2.24, 2.45) is 13.0 Å². The Labute approximate surface area is 178 Å². The van der Waals surface area contributed by atoms with Crippen LogP contribution in [0, 0.1) is 5.92 Å². The molecule has 0 unspecified atom stereocenters. The number of hydrogen-bond donors (Lipinski definition) is 2. The van der Waals surface area contributed by atoms with Gasteiger partial charge in [0.25, 0.3) is 0 Å². The highest BCUT2D eigenvalue weighted by Crippen LogP contribution is 2.40. The van der Waals surface area contributed by atoms with E-state index in [1.54, 1.807) is 21.6 Å². The zero-order valence-corrected chi connectivity index (χ0v) is 18.3. The van der Waals surface area contributed by atoms with E-state index in [2.05, 4.69) is 38.4 Å². The third-order valence-electron chi connectivity index (χ3n) is 5.70. The molecule has 1 aliphatic rings. The van der Waals surface area contributed by atoms with Crippen molar-refractivity contribution in [2.75, 3.05) is 12.3 Å². The molecule has 0 spiro atoms. The van der Waals surface area contributed by atoms with E-state index >= 15 is 0 Å². The van der Waals surface area contributed by atoms with Crippen LogP contribution in [-0.4, -0.2) is 36.8 Å². The van der Waals surface area contributed by atoms with Gasteiger partial charge in [0, 0.05) is 42.8 Å². The largest absolute Gasteiger partial charge is 0.383 e.